The van der Waals surface area contributed by atoms with Gasteiger partial charge in [0.05, 0.1) is 25.3 Å². The molecular weight excluding hydrogens is 437 g/mol. The van der Waals surface area contributed by atoms with E-state index in [1.807, 2.05) is 6.20 Å². The summed E-state index contributed by atoms with van der Waals surface area (Å²) < 4.78 is 4.45. The first-order valence-corrected chi connectivity index (χ1v) is 9.11. The molecule has 0 aliphatic heterocycles. The minimum absolute atomic E-state index is 0.205. The predicted octanol–water partition coefficient (Wildman–Crippen LogP) is 4.42. The number of halogens is 2. The van der Waals surface area contributed by atoms with Gasteiger partial charge >= 0.3 is 0 Å². The lowest BCUT2D eigenvalue weighted by molar-refractivity contribution is 0.529. The molecule has 0 amide bonds. The smallest absolute Gasteiger partial charge is 0.0768 e. The first-order valence-electron chi connectivity index (χ1n) is 6.35. The van der Waals surface area contributed by atoms with Gasteiger partial charge in [-0.2, -0.15) is 5.10 Å². The summed E-state index contributed by atoms with van der Waals surface area (Å²) in [6.45, 7) is 6.19. The molecule has 19 heavy (non-hydrogen) atoms. The molecule has 0 radical (unpaired) electrons. The molecule has 0 spiro atoms. The Bertz CT molecular complexity index is 538. The molecule has 2 heterocycles. The van der Waals surface area contributed by atoms with Crippen molar-refractivity contribution in [3.8, 4) is 0 Å². The van der Waals surface area contributed by atoms with Crippen molar-refractivity contribution in [2.24, 2.45) is 0 Å². The van der Waals surface area contributed by atoms with Crippen molar-refractivity contribution in [1.82, 2.24) is 15.1 Å². The lowest BCUT2D eigenvalue weighted by atomic mass is 10.1. The second kappa shape index (κ2) is 7.19. The van der Waals surface area contributed by atoms with E-state index in [2.05, 4.69) is 78.9 Å². The Hall–Kier alpha value is 0.0800. The number of hydrogen-bond donors (Lipinski definition) is 1. The van der Waals surface area contributed by atoms with Gasteiger partial charge in [-0.25, -0.2) is 0 Å². The summed E-state index contributed by atoms with van der Waals surface area (Å²) in [5.74, 6) is 0. The lowest BCUT2D eigenvalue weighted by Crippen LogP contribution is -2.25. The third kappa shape index (κ3) is 3.59. The quantitative estimate of drug-likeness (QED) is 0.656. The minimum Gasteiger partial charge on any atom is -0.305 e. The van der Waals surface area contributed by atoms with Gasteiger partial charge in [0.1, 0.15) is 0 Å². The van der Waals surface area contributed by atoms with Crippen molar-refractivity contribution in [2.45, 2.75) is 32.9 Å². The molecule has 1 N–H and O–H groups in total. The largest absolute Gasteiger partial charge is 0.305 e. The highest BCUT2D eigenvalue weighted by molar-refractivity contribution is 14.1. The summed E-state index contributed by atoms with van der Waals surface area (Å²) >= 11 is 7.79. The molecule has 0 saturated heterocycles. The van der Waals surface area contributed by atoms with E-state index in [1.54, 1.807) is 11.3 Å². The van der Waals surface area contributed by atoms with E-state index in [0.717, 1.165) is 24.0 Å². The number of hydrogen-bond acceptors (Lipinski definition) is 3. The maximum Gasteiger partial charge on any atom is 0.0768 e. The van der Waals surface area contributed by atoms with E-state index >= 15 is 0 Å². The number of nitrogens with zero attached hydrogens (tertiary/aromatic N) is 2. The van der Waals surface area contributed by atoms with Crippen LogP contribution >= 0.6 is 49.9 Å². The van der Waals surface area contributed by atoms with Crippen molar-refractivity contribution in [3.05, 3.63) is 36.3 Å². The van der Waals surface area contributed by atoms with Gasteiger partial charge in [0.15, 0.2) is 0 Å². The number of rotatable bonds is 6. The monoisotopic (exact) mass is 453 g/mol. The van der Waals surface area contributed by atoms with Crippen LogP contribution in [0.4, 0.5) is 0 Å². The molecule has 2 rings (SSSR count). The van der Waals surface area contributed by atoms with Crippen molar-refractivity contribution in [2.75, 3.05) is 6.54 Å². The summed E-state index contributed by atoms with van der Waals surface area (Å²) in [7, 11) is 0. The minimum atomic E-state index is 0.205. The Balaban J connectivity index is 2.39. The van der Waals surface area contributed by atoms with Crippen molar-refractivity contribution in [1.29, 1.82) is 0 Å². The number of thiophene rings is 1. The fourth-order valence-corrected chi connectivity index (χ4v) is 3.97. The van der Waals surface area contributed by atoms with Gasteiger partial charge in [-0.3, -0.25) is 4.68 Å². The summed E-state index contributed by atoms with van der Waals surface area (Å²) in [5.41, 5.74) is 2.53. The zero-order chi connectivity index (χ0) is 13.8. The van der Waals surface area contributed by atoms with E-state index in [4.69, 9.17) is 0 Å². The van der Waals surface area contributed by atoms with Gasteiger partial charge in [0, 0.05) is 6.54 Å². The van der Waals surface area contributed by atoms with Crippen LogP contribution in [0.3, 0.4) is 0 Å². The highest BCUT2D eigenvalue weighted by Gasteiger charge is 2.21. The molecule has 6 heteroatoms. The molecule has 2 aromatic rings. The van der Waals surface area contributed by atoms with E-state index in [1.165, 1.54) is 14.1 Å². The first-order chi connectivity index (χ1) is 9.17. The van der Waals surface area contributed by atoms with Gasteiger partial charge in [-0.1, -0.05) is 6.92 Å². The zero-order valence-corrected chi connectivity index (χ0v) is 15.5. The molecule has 0 aliphatic carbocycles. The predicted molar refractivity (Wildman–Crippen MR) is 92.8 cm³/mol. The topological polar surface area (TPSA) is 29.9 Å². The molecule has 1 atom stereocenters. The fraction of sp³-hybridized carbons (Fsp3) is 0.462. The Labute approximate surface area is 140 Å². The van der Waals surface area contributed by atoms with Crippen LogP contribution < -0.4 is 5.32 Å². The Morgan fingerprint density at radius 1 is 1.53 bits per heavy atom. The fourth-order valence-electron chi connectivity index (χ4n) is 2.05. The van der Waals surface area contributed by atoms with Crippen molar-refractivity contribution < 1.29 is 0 Å². The van der Waals surface area contributed by atoms with Crippen LogP contribution in [0.5, 0.6) is 0 Å². The van der Waals surface area contributed by atoms with Gasteiger partial charge < -0.3 is 5.32 Å². The first kappa shape index (κ1) is 15.5. The molecule has 0 bridgehead atoms. The summed E-state index contributed by atoms with van der Waals surface area (Å²) in [6, 6.07) is 2.45. The molecule has 0 aromatic carbocycles. The number of aryl methyl sites for hydroxylation is 1. The van der Waals surface area contributed by atoms with Gasteiger partial charge in [0.2, 0.25) is 0 Å². The molecule has 3 nitrogen and oxygen atoms in total. The molecule has 0 saturated carbocycles. The van der Waals surface area contributed by atoms with Crippen LogP contribution in [0.1, 0.15) is 37.6 Å². The van der Waals surface area contributed by atoms with E-state index in [-0.39, 0.29) is 6.04 Å². The Morgan fingerprint density at radius 3 is 2.89 bits per heavy atom. The average molecular weight is 454 g/mol. The second-order valence-corrected chi connectivity index (χ2v) is 7.92. The van der Waals surface area contributed by atoms with Crippen LogP contribution in [-0.2, 0) is 6.54 Å². The molecular formula is C13H17BrIN3S. The summed E-state index contributed by atoms with van der Waals surface area (Å²) in [6.07, 6.45) is 3.01. The number of nitrogens with one attached hydrogen (secondary N) is 1. The molecule has 1 unspecified atom stereocenters. The van der Waals surface area contributed by atoms with Crippen molar-refractivity contribution >= 4 is 49.9 Å². The van der Waals surface area contributed by atoms with Crippen molar-refractivity contribution in [3.63, 3.8) is 0 Å². The SMILES string of the molecule is CCCNC(c1csc(I)c1)c1c(Br)cnn1CC. The Morgan fingerprint density at radius 2 is 2.32 bits per heavy atom. The Kier molecular flexibility index (Phi) is 5.86. The van der Waals surface area contributed by atoms with Gasteiger partial charge in [-0.05, 0) is 75.4 Å². The van der Waals surface area contributed by atoms with Crippen LogP contribution in [0.15, 0.2) is 22.1 Å². The third-order valence-corrected chi connectivity index (χ3v) is 5.34. The molecule has 104 valence electrons. The summed E-state index contributed by atoms with van der Waals surface area (Å²) in [4.78, 5) is 0. The van der Waals surface area contributed by atoms with E-state index in [0.29, 0.717) is 0 Å². The lowest BCUT2D eigenvalue weighted by Gasteiger charge is -2.19. The zero-order valence-electron chi connectivity index (χ0n) is 11.0. The highest BCUT2D eigenvalue weighted by atomic mass is 127. The second-order valence-electron chi connectivity index (χ2n) is 4.26. The van der Waals surface area contributed by atoms with Gasteiger partial charge in [0.25, 0.3) is 0 Å². The van der Waals surface area contributed by atoms with E-state index < -0.39 is 0 Å². The van der Waals surface area contributed by atoms with Crippen LogP contribution in [0.2, 0.25) is 0 Å². The highest BCUT2D eigenvalue weighted by Crippen LogP contribution is 2.31. The average Bonchev–Trinajstić information content (AvgIpc) is 2.98. The third-order valence-electron chi connectivity index (χ3n) is 2.93. The maximum atomic E-state index is 4.43. The molecule has 0 fully saturated rings. The summed E-state index contributed by atoms with van der Waals surface area (Å²) in [5, 5.41) is 10.3. The normalized spacial score (nSPS) is 12.8. The van der Waals surface area contributed by atoms with Crippen LogP contribution in [0.25, 0.3) is 0 Å². The number of aromatic nitrogens is 2. The maximum absolute atomic E-state index is 4.43. The van der Waals surface area contributed by atoms with Gasteiger partial charge in [-0.15, -0.1) is 11.3 Å². The van der Waals surface area contributed by atoms with E-state index in [9.17, 15) is 0 Å². The molecule has 0 aliphatic rings. The standard InChI is InChI=1S/C13H17BrIN3S/c1-3-5-16-12(9-6-11(15)19-8-9)13-10(14)7-17-18(13)4-2/h6-8,12,16H,3-5H2,1-2H3. The van der Waals surface area contributed by atoms with Crippen LogP contribution in [-0.4, -0.2) is 16.3 Å². The van der Waals surface area contributed by atoms with Crippen LogP contribution in [0, 0.1) is 2.88 Å². The molecule has 2 aromatic heterocycles.